The van der Waals surface area contributed by atoms with Crippen LogP contribution in [0.15, 0.2) is 12.7 Å². The van der Waals surface area contributed by atoms with Crippen LogP contribution in [0.2, 0.25) is 0 Å². The zero-order valence-electron chi connectivity index (χ0n) is 15.7. The molecule has 4 heterocycles. The number of hydrogen-bond acceptors (Lipinski definition) is 9. The Hall–Kier alpha value is -1.62. The Bertz CT molecular complexity index is 888. The summed E-state index contributed by atoms with van der Waals surface area (Å²) in [7, 11) is -4.18. The minimum absolute atomic E-state index is 0.139. The Morgan fingerprint density at radius 1 is 1.29 bits per heavy atom. The predicted molar refractivity (Wildman–Crippen MR) is 98.7 cm³/mol. The van der Waals surface area contributed by atoms with Gasteiger partial charge in [0.15, 0.2) is 23.2 Å². The lowest BCUT2D eigenvalue weighted by Crippen LogP contribution is -2.39. The topological polar surface area (TPSA) is 132 Å². The maximum atomic E-state index is 11.7. The van der Waals surface area contributed by atoms with E-state index in [0.717, 1.165) is 31.7 Å². The van der Waals surface area contributed by atoms with E-state index in [1.165, 1.54) is 12.7 Å². The number of aliphatic hydroxyl groups is 1. The highest BCUT2D eigenvalue weighted by molar-refractivity contribution is 7.47. The van der Waals surface area contributed by atoms with E-state index in [4.69, 9.17) is 13.8 Å². The highest BCUT2D eigenvalue weighted by Crippen LogP contribution is 2.52. The number of nitrogens with zero attached hydrogens (tertiary/aromatic N) is 5. The standard InChI is InChI=1S/C16H24N5O6P/c1-3-5-20(6-4-2)14-11-15(18-8-17-14)21(9-19-11)16-12(22)13-10(26-16)7-25-28(23,24)27-13/h8-10,12-13,16,22H,3-7H2,1-2H3,(H,23,24)/t10-,12-,13-,16-/m1/s1. The van der Waals surface area contributed by atoms with E-state index in [9.17, 15) is 14.6 Å². The molecule has 0 saturated carbocycles. The number of ether oxygens (including phenoxy) is 1. The van der Waals surface area contributed by atoms with E-state index in [1.54, 1.807) is 4.57 Å². The lowest BCUT2D eigenvalue weighted by molar-refractivity contribution is -0.0664. The molecule has 2 aliphatic heterocycles. The largest absolute Gasteiger partial charge is 0.472 e. The maximum absolute atomic E-state index is 11.7. The van der Waals surface area contributed by atoms with Crippen LogP contribution in [0.4, 0.5) is 5.82 Å². The van der Waals surface area contributed by atoms with E-state index in [1.807, 2.05) is 0 Å². The molecule has 0 aromatic carbocycles. The summed E-state index contributed by atoms with van der Waals surface area (Å²) in [6.45, 7) is 5.75. The number of anilines is 1. The van der Waals surface area contributed by atoms with Gasteiger partial charge in [0.25, 0.3) is 0 Å². The molecule has 4 rings (SSSR count). The number of aliphatic hydroxyl groups excluding tert-OH is 1. The number of hydrogen-bond donors (Lipinski definition) is 2. The number of phosphoric acid groups is 1. The average Bonchev–Trinajstić information content (AvgIpc) is 3.22. The molecule has 2 aliphatic rings. The van der Waals surface area contributed by atoms with Crippen LogP contribution >= 0.6 is 7.82 Å². The molecule has 12 heteroatoms. The molecule has 0 aliphatic carbocycles. The Labute approximate surface area is 161 Å². The molecule has 0 bridgehead atoms. The Morgan fingerprint density at radius 2 is 2.04 bits per heavy atom. The molecule has 0 radical (unpaired) electrons. The van der Waals surface area contributed by atoms with E-state index in [2.05, 4.69) is 33.7 Å². The van der Waals surface area contributed by atoms with Crippen LogP contribution in [0.3, 0.4) is 0 Å². The van der Waals surface area contributed by atoms with Crippen molar-refractivity contribution in [2.24, 2.45) is 0 Å². The van der Waals surface area contributed by atoms with Gasteiger partial charge in [-0.25, -0.2) is 19.5 Å². The van der Waals surface area contributed by atoms with Crippen molar-refractivity contribution in [1.29, 1.82) is 0 Å². The van der Waals surface area contributed by atoms with E-state index < -0.39 is 32.4 Å². The van der Waals surface area contributed by atoms with Crippen molar-refractivity contribution in [3.8, 4) is 0 Å². The van der Waals surface area contributed by atoms with Gasteiger partial charge in [0.05, 0.1) is 12.9 Å². The molecule has 2 aromatic rings. The third kappa shape index (κ3) is 3.42. The molecule has 2 fully saturated rings. The smallest absolute Gasteiger partial charge is 0.386 e. The molecule has 0 amide bonds. The van der Waals surface area contributed by atoms with Gasteiger partial charge in [-0.05, 0) is 12.8 Å². The summed E-state index contributed by atoms with van der Waals surface area (Å²) < 4.78 is 28.9. The summed E-state index contributed by atoms with van der Waals surface area (Å²) in [6, 6.07) is 0. The SMILES string of the molecule is CCCN(CCC)c1ncnc2c1ncn2[C@@H]1O[C@@H]2COP(=O)(O)O[C@H]2[C@H]1O. The predicted octanol–water partition coefficient (Wildman–Crippen LogP) is 1.23. The maximum Gasteiger partial charge on any atom is 0.472 e. The molecular weight excluding hydrogens is 389 g/mol. The van der Waals surface area contributed by atoms with Crippen molar-refractivity contribution in [3.63, 3.8) is 0 Å². The monoisotopic (exact) mass is 413 g/mol. The van der Waals surface area contributed by atoms with E-state index in [0.29, 0.717) is 11.2 Å². The van der Waals surface area contributed by atoms with Crippen LogP contribution < -0.4 is 4.90 Å². The van der Waals surface area contributed by atoms with Gasteiger partial charge in [-0.3, -0.25) is 13.6 Å². The summed E-state index contributed by atoms with van der Waals surface area (Å²) in [5, 5.41) is 10.7. The van der Waals surface area contributed by atoms with Crippen molar-refractivity contribution in [1.82, 2.24) is 19.5 Å². The lowest BCUT2D eigenvalue weighted by atomic mass is 10.1. The van der Waals surface area contributed by atoms with Gasteiger partial charge in [-0.2, -0.15) is 0 Å². The first kappa shape index (κ1) is 19.7. The van der Waals surface area contributed by atoms with Crippen molar-refractivity contribution in [2.45, 2.75) is 51.2 Å². The Morgan fingerprint density at radius 3 is 2.75 bits per heavy atom. The molecule has 2 aromatic heterocycles. The van der Waals surface area contributed by atoms with E-state index >= 15 is 0 Å². The van der Waals surface area contributed by atoms with E-state index in [-0.39, 0.29) is 6.61 Å². The lowest BCUT2D eigenvalue weighted by Gasteiger charge is -2.27. The number of fused-ring (bicyclic) bond motifs is 2. The highest BCUT2D eigenvalue weighted by atomic mass is 31.2. The minimum atomic E-state index is -4.18. The first-order valence-electron chi connectivity index (χ1n) is 9.37. The summed E-state index contributed by atoms with van der Waals surface area (Å²) >= 11 is 0. The fraction of sp³-hybridized carbons (Fsp3) is 0.688. The first-order chi connectivity index (χ1) is 13.4. The van der Waals surface area contributed by atoms with Gasteiger partial charge >= 0.3 is 7.82 Å². The summed E-state index contributed by atoms with van der Waals surface area (Å²) in [6.07, 6.45) is 1.27. The normalized spacial score (nSPS) is 32.6. The number of phosphoric ester groups is 1. The fourth-order valence-corrected chi connectivity index (χ4v) is 4.65. The van der Waals surface area contributed by atoms with Crippen molar-refractivity contribution in [3.05, 3.63) is 12.7 Å². The van der Waals surface area contributed by atoms with Crippen LogP contribution in [0.5, 0.6) is 0 Å². The van der Waals surface area contributed by atoms with Gasteiger partial charge in [0.2, 0.25) is 0 Å². The number of rotatable bonds is 6. The summed E-state index contributed by atoms with van der Waals surface area (Å²) in [5.41, 5.74) is 1.12. The van der Waals surface area contributed by atoms with Crippen molar-refractivity contribution < 1.29 is 28.3 Å². The molecule has 1 unspecified atom stereocenters. The van der Waals surface area contributed by atoms with Gasteiger partial charge in [0.1, 0.15) is 24.6 Å². The average molecular weight is 413 g/mol. The van der Waals surface area contributed by atoms with Crippen molar-refractivity contribution in [2.75, 3.05) is 24.6 Å². The van der Waals surface area contributed by atoms with Gasteiger partial charge < -0.3 is 19.6 Å². The fourth-order valence-electron chi connectivity index (χ4n) is 3.69. The van der Waals surface area contributed by atoms with Crippen LogP contribution in [0, 0.1) is 0 Å². The van der Waals surface area contributed by atoms with Gasteiger partial charge in [-0.15, -0.1) is 0 Å². The Balaban J connectivity index is 1.67. The third-order valence-electron chi connectivity index (χ3n) is 4.87. The zero-order chi connectivity index (χ0) is 19.9. The molecule has 11 nitrogen and oxygen atoms in total. The van der Waals surface area contributed by atoms with Crippen LogP contribution in [-0.2, 0) is 18.3 Å². The van der Waals surface area contributed by atoms with Gasteiger partial charge in [0, 0.05) is 13.1 Å². The minimum Gasteiger partial charge on any atom is -0.386 e. The van der Waals surface area contributed by atoms with Crippen LogP contribution in [0.25, 0.3) is 11.2 Å². The Kier molecular flexibility index (Phi) is 5.38. The van der Waals surface area contributed by atoms with Crippen molar-refractivity contribution >= 4 is 24.8 Å². The first-order valence-corrected chi connectivity index (χ1v) is 10.9. The summed E-state index contributed by atoms with van der Waals surface area (Å²) in [5.74, 6) is 0.733. The second kappa shape index (κ2) is 7.66. The third-order valence-corrected chi connectivity index (χ3v) is 5.85. The van der Waals surface area contributed by atoms with Crippen LogP contribution in [-0.4, -0.2) is 67.5 Å². The molecule has 154 valence electrons. The molecule has 2 saturated heterocycles. The molecule has 5 atom stereocenters. The molecular formula is C16H24N5O6P. The zero-order valence-corrected chi connectivity index (χ0v) is 16.6. The molecule has 2 N–H and O–H groups in total. The quantitative estimate of drug-likeness (QED) is 0.666. The van der Waals surface area contributed by atoms with Crippen LogP contribution in [0.1, 0.15) is 32.9 Å². The second-order valence-corrected chi connectivity index (χ2v) is 8.30. The second-order valence-electron chi connectivity index (χ2n) is 6.90. The molecule has 28 heavy (non-hydrogen) atoms. The highest BCUT2D eigenvalue weighted by Gasteiger charge is 2.52. The number of imidazole rings is 1. The molecule has 0 spiro atoms. The number of aromatic nitrogens is 4. The van der Waals surface area contributed by atoms with Gasteiger partial charge in [-0.1, -0.05) is 13.8 Å². The summed E-state index contributed by atoms with van der Waals surface area (Å²) in [4.78, 5) is 24.9.